The molecule has 8 heteroatoms. The molecule has 1 aromatic carbocycles. The molecule has 0 unspecified atom stereocenters. The minimum atomic E-state index is -3.80. The first-order valence-electron chi connectivity index (χ1n) is 9.88. The molecule has 0 bridgehead atoms. The summed E-state index contributed by atoms with van der Waals surface area (Å²) in [5.41, 5.74) is 0. The summed E-state index contributed by atoms with van der Waals surface area (Å²) in [6.07, 6.45) is 8.43. The summed E-state index contributed by atoms with van der Waals surface area (Å²) in [5.74, 6) is 1.14. The Morgan fingerprint density at radius 1 is 1.18 bits per heavy atom. The van der Waals surface area contributed by atoms with Gasteiger partial charge in [0.1, 0.15) is 16.4 Å². The van der Waals surface area contributed by atoms with E-state index in [1.165, 1.54) is 26.7 Å². The summed E-state index contributed by atoms with van der Waals surface area (Å²) in [5, 5.41) is 9.23. The molecule has 1 aromatic rings. The Bertz CT molecular complexity index is 815. The lowest BCUT2D eigenvalue weighted by Gasteiger charge is -2.33. The van der Waals surface area contributed by atoms with Gasteiger partial charge in [-0.25, -0.2) is 8.42 Å². The van der Waals surface area contributed by atoms with E-state index in [-0.39, 0.29) is 10.9 Å². The van der Waals surface area contributed by atoms with Gasteiger partial charge < -0.3 is 14.4 Å². The number of ether oxygens (including phenoxy) is 2. The van der Waals surface area contributed by atoms with E-state index in [9.17, 15) is 13.7 Å². The van der Waals surface area contributed by atoms with Gasteiger partial charge in [-0.1, -0.05) is 19.3 Å². The molecule has 0 N–H and O–H groups in total. The third-order valence-electron chi connectivity index (χ3n) is 5.83. The van der Waals surface area contributed by atoms with Crippen LogP contribution in [-0.4, -0.2) is 57.5 Å². The van der Waals surface area contributed by atoms with E-state index in [0.717, 1.165) is 25.7 Å². The highest BCUT2D eigenvalue weighted by atomic mass is 32.2. The number of nitrogens with zero attached hydrogens (tertiary/aromatic N) is 3. The van der Waals surface area contributed by atoms with Gasteiger partial charge in [-0.15, -0.1) is 0 Å². The molecule has 1 saturated heterocycles. The predicted octanol–water partition coefficient (Wildman–Crippen LogP) is 2.83. The van der Waals surface area contributed by atoms with E-state index in [1.807, 2.05) is 0 Å². The minimum Gasteiger partial charge on any atom is -0.497 e. The highest BCUT2D eigenvalue weighted by Gasteiger charge is 2.38. The molecule has 0 amide bonds. The summed E-state index contributed by atoms with van der Waals surface area (Å²) < 4.78 is 39.7. The van der Waals surface area contributed by atoms with Crippen molar-refractivity contribution in [3.8, 4) is 17.7 Å². The normalized spacial score (nSPS) is 20.9. The number of hydrogen-bond donors (Lipinski definition) is 0. The van der Waals surface area contributed by atoms with Gasteiger partial charge in [-0.2, -0.15) is 9.57 Å². The molecule has 2 aliphatic rings. The van der Waals surface area contributed by atoms with Crippen molar-refractivity contribution >= 4 is 10.0 Å². The zero-order chi connectivity index (χ0) is 20.1. The molecule has 28 heavy (non-hydrogen) atoms. The molecule has 0 spiro atoms. The molecule has 7 nitrogen and oxygen atoms in total. The maximum Gasteiger partial charge on any atom is 0.247 e. The first-order chi connectivity index (χ1) is 13.5. The Morgan fingerprint density at radius 2 is 1.93 bits per heavy atom. The smallest absolute Gasteiger partial charge is 0.247 e. The molecule has 1 aliphatic carbocycles. The average molecular weight is 408 g/mol. The van der Waals surface area contributed by atoms with Crippen molar-refractivity contribution in [1.29, 1.82) is 5.26 Å². The van der Waals surface area contributed by atoms with Crippen molar-refractivity contribution < 1.29 is 17.9 Å². The Hall–Kier alpha value is -1.98. The van der Waals surface area contributed by atoms with Crippen molar-refractivity contribution in [2.75, 3.05) is 33.9 Å². The third kappa shape index (κ3) is 4.36. The van der Waals surface area contributed by atoms with Crippen molar-refractivity contribution in [3.05, 3.63) is 18.2 Å². The Labute approximate surface area is 167 Å². The first-order valence-corrected chi connectivity index (χ1v) is 11.3. The largest absolute Gasteiger partial charge is 0.497 e. The standard InChI is InChI=1S/C20H29N3O4S/c1-26-18-8-9-19(27-2)20(12-18)28(24,25)23(13-16-6-4-3-5-7-16)17-10-11-22(14-17)15-21/h8-9,12,16-17H,3-7,10-11,13-14H2,1-2H3/t17-/m1/s1. The second-order valence-corrected chi connectivity index (χ2v) is 9.44. The van der Waals surface area contributed by atoms with Crippen molar-refractivity contribution in [3.63, 3.8) is 0 Å². The summed E-state index contributed by atoms with van der Waals surface area (Å²) in [6.45, 7) is 1.52. The zero-order valence-corrected chi connectivity index (χ0v) is 17.5. The van der Waals surface area contributed by atoms with E-state index in [4.69, 9.17) is 9.47 Å². The summed E-state index contributed by atoms with van der Waals surface area (Å²) in [6, 6.07) is 4.64. The van der Waals surface area contributed by atoms with Gasteiger partial charge in [0.05, 0.1) is 14.2 Å². The SMILES string of the molecule is COc1ccc(OC)c(S(=O)(=O)N(CC2CCCCC2)[C@@H]2CCN(C#N)C2)c1. The summed E-state index contributed by atoms with van der Waals surface area (Å²) >= 11 is 0. The number of nitriles is 1. The highest BCUT2D eigenvalue weighted by Crippen LogP contribution is 2.35. The lowest BCUT2D eigenvalue weighted by molar-refractivity contribution is 0.239. The van der Waals surface area contributed by atoms with Crippen LogP contribution < -0.4 is 9.47 Å². The van der Waals surface area contributed by atoms with E-state index >= 15 is 0 Å². The Morgan fingerprint density at radius 3 is 2.54 bits per heavy atom. The Balaban J connectivity index is 1.97. The minimum absolute atomic E-state index is 0.126. The Kier molecular flexibility index (Phi) is 6.68. The van der Waals surface area contributed by atoms with E-state index in [0.29, 0.717) is 43.5 Å². The fourth-order valence-electron chi connectivity index (χ4n) is 4.25. The van der Waals surface area contributed by atoms with Crippen molar-refractivity contribution in [2.45, 2.75) is 49.5 Å². The lowest BCUT2D eigenvalue weighted by Crippen LogP contribution is -2.44. The van der Waals surface area contributed by atoms with Crippen LogP contribution in [0.15, 0.2) is 23.1 Å². The fourth-order valence-corrected chi connectivity index (χ4v) is 6.14. The van der Waals surface area contributed by atoms with Crippen LogP contribution in [0.3, 0.4) is 0 Å². The number of rotatable bonds is 7. The van der Waals surface area contributed by atoms with Crippen molar-refractivity contribution in [2.24, 2.45) is 5.92 Å². The predicted molar refractivity (Wildman–Crippen MR) is 106 cm³/mol. The molecular formula is C20H29N3O4S. The van der Waals surface area contributed by atoms with Gasteiger partial charge in [0.15, 0.2) is 6.19 Å². The van der Waals surface area contributed by atoms with Crippen molar-refractivity contribution in [1.82, 2.24) is 9.21 Å². The van der Waals surface area contributed by atoms with Crippen LogP contribution in [0.5, 0.6) is 11.5 Å². The van der Waals surface area contributed by atoms with E-state index < -0.39 is 10.0 Å². The maximum atomic E-state index is 13.7. The second-order valence-electron chi connectivity index (χ2n) is 7.58. The molecule has 154 valence electrons. The monoisotopic (exact) mass is 407 g/mol. The fraction of sp³-hybridized carbons (Fsp3) is 0.650. The number of likely N-dealkylation sites (tertiary alicyclic amines) is 1. The first kappa shape index (κ1) is 20.7. The molecule has 1 aliphatic heterocycles. The van der Waals surface area contributed by atoms with Gasteiger partial charge in [0, 0.05) is 31.7 Å². The number of benzene rings is 1. The summed E-state index contributed by atoms with van der Waals surface area (Å²) in [7, 11) is -0.813. The molecule has 3 rings (SSSR count). The number of sulfonamides is 1. The van der Waals surface area contributed by atoms with Crippen LogP contribution in [0.4, 0.5) is 0 Å². The van der Waals surface area contributed by atoms with Gasteiger partial charge in [0.25, 0.3) is 0 Å². The third-order valence-corrected chi connectivity index (χ3v) is 7.77. The topological polar surface area (TPSA) is 82.9 Å². The van der Waals surface area contributed by atoms with Gasteiger partial charge in [0.2, 0.25) is 10.0 Å². The van der Waals surface area contributed by atoms with Crippen LogP contribution in [0, 0.1) is 17.4 Å². The average Bonchev–Trinajstić information content (AvgIpc) is 3.21. The molecule has 0 aromatic heterocycles. The molecule has 1 heterocycles. The van der Waals surface area contributed by atoms with E-state index in [2.05, 4.69) is 6.19 Å². The lowest BCUT2D eigenvalue weighted by atomic mass is 9.89. The molecule has 1 saturated carbocycles. The summed E-state index contributed by atoms with van der Waals surface area (Å²) in [4.78, 5) is 1.76. The zero-order valence-electron chi connectivity index (χ0n) is 16.6. The molecule has 0 radical (unpaired) electrons. The van der Waals surface area contributed by atoms with Crippen LogP contribution in [0.25, 0.3) is 0 Å². The van der Waals surface area contributed by atoms with Crippen LogP contribution in [0.2, 0.25) is 0 Å². The molecule has 1 atom stereocenters. The highest BCUT2D eigenvalue weighted by molar-refractivity contribution is 7.89. The quantitative estimate of drug-likeness (QED) is 0.647. The van der Waals surface area contributed by atoms with Crippen LogP contribution in [0.1, 0.15) is 38.5 Å². The van der Waals surface area contributed by atoms with Crippen LogP contribution >= 0.6 is 0 Å². The number of hydrogen-bond acceptors (Lipinski definition) is 6. The maximum absolute atomic E-state index is 13.7. The molecular weight excluding hydrogens is 378 g/mol. The van der Waals surface area contributed by atoms with Gasteiger partial charge in [-0.3, -0.25) is 0 Å². The van der Waals surface area contributed by atoms with Crippen LogP contribution in [-0.2, 0) is 10.0 Å². The van der Waals surface area contributed by atoms with Gasteiger partial charge in [-0.05, 0) is 37.3 Å². The molecule has 2 fully saturated rings. The second kappa shape index (κ2) is 9.01. The van der Waals surface area contributed by atoms with E-state index in [1.54, 1.807) is 21.3 Å². The van der Waals surface area contributed by atoms with Gasteiger partial charge >= 0.3 is 0 Å². The number of methoxy groups -OCH3 is 2.